The van der Waals surface area contributed by atoms with Gasteiger partial charge in [0, 0.05) is 20.5 Å². The predicted molar refractivity (Wildman–Crippen MR) is 130 cm³/mol. The molecule has 0 aromatic heterocycles. The van der Waals surface area contributed by atoms with E-state index in [9.17, 15) is 4.55 Å². The van der Waals surface area contributed by atoms with Gasteiger partial charge in [-0.2, -0.15) is 0 Å². The van der Waals surface area contributed by atoms with E-state index in [0.29, 0.717) is 0 Å². The summed E-state index contributed by atoms with van der Waals surface area (Å²) in [4.78, 5) is 4.60. The summed E-state index contributed by atoms with van der Waals surface area (Å²) in [6, 6.07) is 0. The highest BCUT2D eigenvalue weighted by Gasteiger charge is 2.09. The largest absolute Gasteiger partial charge is 0.572 e. The van der Waals surface area contributed by atoms with Gasteiger partial charge in [0.15, 0.2) is 17.4 Å². The number of amidine groups is 1. The second kappa shape index (κ2) is 21.0. The molecule has 0 aromatic rings. The summed E-state index contributed by atoms with van der Waals surface area (Å²) in [6.07, 6.45) is 19.4. The highest BCUT2D eigenvalue weighted by molar-refractivity contribution is 7.88. The van der Waals surface area contributed by atoms with E-state index in [0.717, 1.165) is 31.6 Å². The van der Waals surface area contributed by atoms with Crippen LogP contribution in [0.15, 0.2) is 4.40 Å². The zero-order valence-corrected chi connectivity index (χ0v) is 20.8. The van der Waals surface area contributed by atoms with Crippen LogP contribution in [0.3, 0.4) is 0 Å². The Balaban J connectivity index is 4.19. The Morgan fingerprint density at radius 2 is 1.14 bits per heavy atom. The third kappa shape index (κ3) is 19.4. The molecule has 0 aliphatic heterocycles. The Morgan fingerprint density at radius 3 is 1.55 bits per heavy atom. The van der Waals surface area contributed by atoms with Crippen LogP contribution >= 0.6 is 0 Å². The summed E-state index contributed by atoms with van der Waals surface area (Å²) < 4.78 is 15.2. The van der Waals surface area contributed by atoms with Gasteiger partial charge in [0.05, 0.1) is 0 Å². The molecule has 1 unspecified atom stereocenters. The monoisotopic (exact) mass is 430 g/mol. The van der Waals surface area contributed by atoms with E-state index < -0.39 is 11.5 Å². The van der Waals surface area contributed by atoms with Crippen molar-refractivity contribution >= 4 is 17.4 Å². The molecule has 0 aliphatic rings. The fraction of sp³-hybridized carbons (Fsp3) is 0.957. The van der Waals surface area contributed by atoms with Gasteiger partial charge >= 0.3 is 0 Å². The van der Waals surface area contributed by atoms with Crippen molar-refractivity contribution in [3.05, 3.63) is 0 Å². The van der Waals surface area contributed by atoms with Crippen molar-refractivity contribution < 1.29 is 4.55 Å². The van der Waals surface area contributed by atoms with Crippen LogP contribution in [0.5, 0.6) is 0 Å². The average molecular weight is 431 g/mol. The highest BCUT2D eigenvalue weighted by Crippen LogP contribution is 2.11. The van der Waals surface area contributed by atoms with Gasteiger partial charge in [0.25, 0.3) is 0 Å². The van der Waals surface area contributed by atoms with E-state index in [1.54, 1.807) is 0 Å². The molecule has 1 atom stereocenters. The maximum absolute atomic E-state index is 11.2. The zero-order valence-electron chi connectivity index (χ0n) is 20.0. The summed E-state index contributed by atoms with van der Waals surface area (Å²) in [5.74, 6) is 0.837. The first-order valence-corrected chi connectivity index (χ1v) is 13.3. The van der Waals surface area contributed by atoms with Crippen molar-refractivity contribution in [3.63, 3.8) is 0 Å². The van der Waals surface area contributed by atoms with Crippen LogP contribution in [-0.2, 0) is 11.5 Å². The van der Waals surface area contributed by atoms with E-state index in [1.165, 1.54) is 90.1 Å². The highest BCUT2D eigenvalue weighted by atomic mass is 32.2. The van der Waals surface area contributed by atoms with Crippen LogP contribution < -0.4 is 5.14 Å². The van der Waals surface area contributed by atoms with E-state index >= 15 is 0 Å². The SMILES string of the molecule is CCCCCCCCN(CCCCCCCC)CCCC/C(=N/[S+](N)[O-])N(C)C. The summed E-state index contributed by atoms with van der Waals surface area (Å²) in [5.41, 5.74) is 0. The molecule has 0 aliphatic carbocycles. The first-order valence-electron chi connectivity index (χ1n) is 12.1. The Bertz CT molecular complexity index is 362. The van der Waals surface area contributed by atoms with Crippen molar-refractivity contribution in [1.29, 1.82) is 0 Å². The van der Waals surface area contributed by atoms with Crippen LogP contribution in [-0.4, -0.2) is 53.9 Å². The molecule has 0 fully saturated rings. The second-order valence-corrected chi connectivity index (χ2v) is 9.25. The maximum atomic E-state index is 11.2. The van der Waals surface area contributed by atoms with E-state index in [-0.39, 0.29) is 0 Å². The molecule has 0 rings (SSSR count). The zero-order chi connectivity index (χ0) is 21.7. The number of hydrogen-bond acceptors (Lipinski definition) is 4. The van der Waals surface area contributed by atoms with E-state index in [2.05, 4.69) is 23.1 Å². The molecule has 29 heavy (non-hydrogen) atoms. The molecule has 0 bridgehead atoms. The maximum Gasteiger partial charge on any atom is 0.190 e. The molecule has 0 saturated carbocycles. The van der Waals surface area contributed by atoms with Crippen molar-refractivity contribution in [1.82, 2.24) is 9.80 Å². The molecule has 174 valence electrons. The number of hydrogen-bond donors (Lipinski definition) is 1. The third-order valence-corrected chi connectivity index (χ3v) is 5.88. The predicted octanol–water partition coefficient (Wildman–Crippen LogP) is 5.68. The molecule has 2 N–H and O–H groups in total. The van der Waals surface area contributed by atoms with Crippen LogP contribution in [0, 0.1) is 0 Å². The minimum Gasteiger partial charge on any atom is -0.572 e. The number of rotatable bonds is 20. The van der Waals surface area contributed by atoms with Gasteiger partial charge in [0.1, 0.15) is 0 Å². The molecule has 0 saturated heterocycles. The molecule has 0 radical (unpaired) electrons. The summed E-state index contributed by atoms with van der Waals surface area (Å²) in [5, 5.41) is 5.33. The first kappa shape index (κ1) is 28.7. The summed E-state index contributed by atoms with van der Waals surface area (Å²) in [7, 11) is 3.88. The standard InChI is InChI=1S/C23H50N4OS/c1-5-7-9-11-13-16-20-27(21-17-14-12-10-8-6-2)22-18-15-19-23(26(3)4)25-29(24)28/h5-22,24H2,1-4H3/b25-23-. The lowest BCUT2D eigenvalue weighted by Gasteiger charge is -2.23. The van der Waals surface area contributed by atoms with Gasteiger partial charge in [-0.05, 0) is 49.7 Å². The molecule has 6 heteroatoms. The minimum atomic E-state index is -1.61. The fourth-order valence-corrected chi connectivity index (χ4v) is 4.10. The first-order chi connectivity index (χ1) is 14.0. The van der Waals surface area contributed by atoms with Crippen molar-refractivity contribution in [2.45, 2.75) is 110 Å². The van der Waals surface area contributed by atoms with E-state index in [4.69, 9.17) is 5.14 Å². The summed E-state index contributed by atoms with van der Waals surface area (Å²) >= 11 is -1.61. The number of nitrogens with zero attached hydrogens (tertiary/aromatic N) is 3. The molecule has 0 amide bonds. The number of unbranched alkanes of at least 4 members (excludes halogenated alkanes) is 11. The molecule has 0 spiro atoms. The quantitative estimate of drug-likeness (QED) is 0.117. The Hall–Kier alpha value is -0.300. The average Bonchev–Trinajstić information content (AvgIpc) is 2.68. The van der Waals surface area contributed by atoms with Crippen LogP contribution in [0.4, 0.5) is 0 Å². The van der Waals surface area contributed by atoms with Crippen LogP contribution in [0.2, 0.25) is 0 Å². The molecular formula is C23H50N4OS. The van der Waals surface area contributed by atoms with Gasteiger partial charge in [-0.15, -0.1) is 5.14 Å². The Labute approximate surface area is 185 Å². The Morgan fingerprint density at radius 1 is 0.724 bits per heavy atom. The second-order valence-electron chi connectivity index (χ2n) is 8.51. The number of nitrogens with two attached hydrogens (primary N) is 1. The van der Waals surface area contributed by atoms with E-state index in [1.807, 2.05) is 19.0 Å². The van der Waals surface area contributed by atoms with Crippen LogP contribution in [0.1, 0.15) is 110 Å². The van der Waals surface area contributed by atoms with Crippen molar-refractivity contribution in [2.24, 2.45) is 9.54 Å². The van der Waals surface area contributed by atoms with Gasteiger partial charge in [-0.3, -0.25) is 0 Å². The summed E-state index contributed by atoms with van der Waals surface area (Å²) in [6.45, 7) is 8.20. The van der Waals surface area contributed by atoms with Crippen molar-refractivity contribution in [3.8, 4) is 0 Å². The molecule has 0 heterocycles. The normalized spacial score (nSPS) is 13.3. The fourth-order valence-electron chi connectivity index (χ4n) is 3.64. The van der Waals surface area contributed by atoms with Crippen LogP contribution in [0.25, 0.3) is 0 Å². The van der Waals surface area contributed by atoms with Gasteiger partial charge in [0.2, 0.25) is 0 Å². The van der Waals surface area contributed by atoms with Gasteiger partial charge in [-0.1, -0.05) is 78.1 Å². The minimum absolute atomic E-state index is 0.837. The Kier molecular flexibility index (Phi) is 20.7. The van der Waals surface area contributed by atoms with Crippen molar-refractivity contribution in [2.75, 3.05) is 33.7 Å². The lowest BCUT2D eigenvalue weighted by molar-refractivity contribution is 0.255. The lowest BCUT2D eigenvalue weighted by atomic mass is 10.1. The molecular weight excluding hydrogens is 380 g/mol. The van der Waals surface area contributed by atoms with Gasteiger partial charge in [-0.25, -0.2) is 0 Å². The molecule has 5 nitrogen and oxygen atoms in total. The van der Waals surface area contributed by atoms with Gasteiger partial charge < -0.3 is 14.4 Å². The lowest BCUT2D eigenvalue weighted by Crippen LogP contribution is -2.28. The molecule has 0 aromatic carbocycles. The third-order valence-electron chi connectivity index (χ3n) is 5.49. The topological polar surface area (TPSA) is 67.9 Å². The smallest absolute Gasteiger partial charge is 0.190 e.